The molecule has 0 saturated heterocycles. The van der Waals surface area contributed by atoms with Gasteiger partial charge in [0.05, 0.1) is 6.10 Å². The van der Waals surface area contributed by atoms with Gasteiger partial charge in [0.1, 0.15) is 12.6 Å². The Hall–Kier alpha value is -4.69. The van der Waals surface area contributed by atoms with E-state index in [2.05, 4.69) is 46.4 Å². The second-order valence-corrected chi connectivity index (χ2v) is 8.86. The highest BCUT2D eigenvalue weighted by molar-refractivity contribution is 5.98. The predicted molar refractivity (Wildman–Crippen MR) is 150 cm³/mol. The first kappa shape index (κ1) is 28.9. The maximum absolute atomic E-state index is 12.4. The number of aliphatic hydroxyl groups is 2. The Morgan fingerprint density at radius 3 is 2.00 bits per heavy atom. The molecule has 0 bridgehead atoms. The van der Waals surface area contributed by atoms with Gasteiger partial charge in [0.15, 0.2) is 5.78 Å². The summed E-state index contributed by atoms with van der Waals surface area (Å²) in [7, 11) is 0. The second kappa shape index (κ2) is 14.9. The molecule has 2 atom stereocenters. The van der Waals surface area contributed by atoms with E-state index in [9.17, 15) is 19.5 Å². The summed E-state index contributed by atoms with van der Waals surface area (Å²) in [4.78, 5) is 36.2. The average molecular weight is 523 g/mol. The predicted octanol–water partition coefficient (Wildman–Crippen LogP) is 3.09. The average Bonchev–Trinajstić information content (AvgIpc) is 2.95. The fourth-order valence-corrected chi connectivity index (χ4v) is 3.66. The van der Waals surface area contributed by atoms with Gasteiger partial charge in [-0.3, -0.25) is 14.4 Å². The lowest BCUT2D eigenvalue weighted by Gasteiger charge is -2.19. The fourth-order valence-electron chi connectivity index (χ4n) is 3.66. The Morgan fingerprint density at radius 1 is 0.846 bits per heavy atom. The van der Waals surface area contributed by atoms with E-state index in [0.29, 0.717) is 17.7 Å². The third-order valence-corrected chi connectivity index (χ3v) is 5.78. The maximum Gasteiger partial charge on any atom is 0.251 e. The molecule has 198 valence electrons. The summed E-state index contributed by atoms with van der Waals surface area (Å²) in [5.41, 5.74) is 3.61. The van der Waals surface area contributed by atoms with Crippen LogP contribution in [0.25, 0.3) is 0 Å². The molecule has 0 fully saturated rings. The van der Waals surface area contributed by atoms with E-state index in [4.69, 9.17) is 5.11 Å². The molecule has 7 nitrogen and oxygen atoms in total. The number of aliphatic hydroxyl groups excluding tert-OH is 2. The van der Waals surface area contributed by atoms with Crippen LogP contribution in [0.4, 0.5) is 5.69 Å². The van der Waals surface area contributed by atoms with Crippen molar-refractivity contribution in [1.82, 2.24) is 5.32 Å². The summed E-state index contributed by atoms with van der Waals surface area (Å²) in [5, 5.41) is 24.0. The first-order chi connectivity index (χ1) is 18.9. The van der Waals surface area contributed by atoms with Crippen molar-refractivity contribution in [3.8, 4) is 23.7 Å². The Kier molecular flexibility index (Phi) is 11.0. The molecule has 3 aromatic rings. The van der Waals surface area contributed by atoms with E-state index >= 15 is 0 Å². The molecule has 3 aromatic carbocycles. The number of Topliss-reactive ketones (excluding diaryl/α,β-unsaturated/α-hetero) is 1. The molecular weight excluding hydrogens is 492 g/mol. The minimum absolute atomic E-state index is 0.0273. The highest BCUT2D eigenvalue weighted by atomic mass is 16.3. The maximum atomic E-state index is 12.4. The van der Waals surface area contributed by atoms with Gasteiger partial charge in [0.25, 0.3) is 5.91 Å². The van der Waals surface area contributed by atoms with Crippen molar-refractivity contribution in [1.29, 1.82) is 0 Å². The fraction of sp³-hybridized carbons (Fsp3) is 0.219. The molecule has 0 saturated carbocycles. The van der Waals surface area contributed by atoms with E-state index in [0.717, 1.165) is 18.4 Å². The molecule has 7 heteroatoms. The van der Waals surface area contributed by atoms with Gasteiger partial charge in [0, 0.05) is 28.8 Å². The van der Waals surface area contributed by atoms with Crippen molar-refractivity contribution in [2.24, 2.45) is 0 Å². The molecule has 3 rings (SSSR count). The van der Waals surface area contributed by atoms with E-state index in [-0.39, 0.29) is 11.5 Å². The van der Waals surface area contributed by atoms with Crippen molar-refractivity contribution < 1.29 is 24.6 Å². The van der Waals surface area contributed by atoms with Crippen molar-refractivity contribution in [3.05, 3.63) is 101 Å². The topological polar surface area (TPSA) is 116 Å². The first-order valence-corrected chi connectivity index (χ1v) is 12.5. The van der Waals surface area contributed by atoms with E-state index in [1.54, 1.807) is 36.4 Å². The van der Waals surface area contributed by atoms with Crippen LogP contribution in [-0.4, -0.2) is 46.6 Å². The molecule has 0 aliphatic rings. The Morgan fingerprint density at radius 2 is 1.44 bits per heavy atom. The van der Waals surface area contributed by atoms with Gasteiger partial charge < -0.3 is 20.8 Å². The summed E-state index contributed by atoms with van der Waals surface area (Å²) >= 11 is 0. The summed E-state index contributed by atoms with van der Waals surface area (Å²) in [6.07, 6.45) is 0.954. The van der Waals surface area contributed by atoms with Crippen LogP contribution in [0.15, 0.2) is 78.9 Å². The molecule has 0 radical (unpaired) electrons. The number of hydrogen-bond acceptors (Lipinski definition) is 5. The van der Waals surface area contributed by atoms with Crippen LogP contribution in [0.2, 0.25) is 0 Å². The van der Waals surface area contributed by atoms with Crippen LogP contribution in [0, 0.1) is 23.7 Å². The molecule has 4 N–H and O–H groups in total. The summed E-state index contributed by atoms with van der Waals surface area (Å²) < 4.78 is 0. The van der Waals surface area contributed by atoms with Gasteiger partial charge >= 0.3 is 0 Å². The molecule has 0 aromatic heterocycles. The minimum Gasteiger partial charge on any atom is -0.391 e. The summed E-state index contributed by atoms with van der Waals surface area (Å²) in [5.74, 6) is 10.1. The van der Waals surface area contributed by atoms with Gasteiger partial charge in [-0.25, -0.2) is 0 Å². The lowest BCUT2D eigenvalue weighted by Crippen LogP contribution is -2.48. The van der Waals surface area contributed by atoms with Crippen LogP contribution in [0.5, 0.6) is 0 Å². The van der Waals surface area contributed by atoms with Crippen molar-refractivity contribution >= 4 is 23.3 Å². The standard InChI is InChI=1S/C32H30N2O5/c1-23(36)31(29(37)22-35)34-32(39)27-18-14-25(15-19-27)10-5-6-11-26-16-20-28(21-17-26)33-30(38)13-7-12-24-8-3-2-4-9-24/h2-4,8-9,14-21,23,31,35-36H,7,12-13,22H2,1H3,(H,33,38)(H,34,39)/t23-,31+/m1/s1. The quantitative estimate of drug-likeness (QED) is 0.306. The number of rotatable bonds is 10. The number of amides is 2. The van der Waals surface area contributed by atoms with E-state index in [1.807, 2.05) is 30.3 Å². The SMILES string of the molecule is C[C@@H](O)[C@H](NC(=O)c1ccc(C#CC#Cc2ccc(NC(=O)CCCc3ccccc3)cc2)cc1)C(=O)CO. The number of hydrogen-bond donors (Lipinski definition) is 4. The Labute approximate surface area is 228 Å². The molecule has 0 heterocycles. The lowest BCUT2D eigenvalue weighted by molar-refractivity contribution is -0.126. The van der Waals surface area contributed by atoms with Crippen LogP contribution in [0.3, 0.4) is 0 Å². The zero-order valence-electron chi connectivity index (χ0n) is 21.6. The largest absolute Gasteiger partial charge is 0.391 e. The lowest BCUT2D eigenvalue weighted by atomic mass is 10.1. The van der Waals surface area contributed by atoms with Crippen LogP contribution in [-0.2, 0) is 16.0 Å². The van der Waals surface area contributed by atoms with E-state index in [1.165, 1.54) is 12.5 Å². The van der Waals surface area contributed by atoms with Crippen LogP contribution < -0.4 is 10.6 Å². The normalized spacial score (nSPS) is 11.6. The van der Waals surface area contributed by atoms with Crippen LogP contribution in [0.1, 0.15) is 46.8 Å². The highest BCUT2D eigenvalue weighted by Crippen LogP contribution is 2.11. The van der Waals surface area contributed by atoms with Crippen molar-refractivity contribution in [2.45, 2.75) is 38.3 Å². The highest BCUT2D eigenvalue weighted by Gasteiger charge is 2.25. The number of carbonyl (C=O) groups excluding carboxylic acids is 3. The second-order valence-electron chi connectivity index (χ2n) is 8.86. The van der Waals surface area contributed by atoms with Gasteiger partial charge in [-0.15, -0.1) is 0 Å². The van der Waals surface area contributed by atoms with Gasteiger partial charge in [-0.1, -0.05) is 42.2 Å². The smallest absolute Gasteiger partial charge is 0.251 e. The van der Waals surface area contributed by atoms with Crippen LogP contribution >= 0.6 is 0 Å². The molecular formula is C32H30N2O5. The Bertz CT molecular complexity index is 1390. The number of nitrogens with one attached hydrogen (secondary N) is 2. The third-order valence-electron chi connectivity index (χ3n) is 5.78. The third kappa shape index (κ3) is 9.60. The number of carbonyl (C=O) groups is 3. The number of benzene rings is 3. The van der Waals surface area contributed by atoms with Crippen molar-refractivity contribution in [3.63, 3.8) is 0 Å². The summed E-state index contributed by atoms with van der Waals surface area (Å²) in [6, 6.07) is 22.5. The molecule has 0 spiro atoms. The van der Waals surface area contributed by atoms with E-state index < -0.39 is 30.4 Å². The molecule has 39 heavy (non-hydrogen) atoms. The molecule has 2 amide bonds. The first-order valence-electron chi connectivity index (χ1n) is 12.5. The van der Waals surface area contributed by atoms with Crippen molar-refractivity contribution in [2.75, 3.05) is 11.9 Å². The molecule has 0 aliphatic heterocycles. The zero-order chi connectivity index (χ0) is 28.0. The molecule has 0 aliphatic carbocycles. The zero-order valence-corrected chi connectivity index (χ0v) is 21.6. The number of ketones is 1. The summed E-state index contributed by atoms with van der Waals surface area (Å²) in [6.45, 7) is 0.585. The monoisotopic (exact) mass is 522 g/mol. The Balaban J connectivity index is 1.48. The molecule has 0 unspecified atom stereocenters. The number of anilines is 1. The van der Waals surface area contributed by atoms with Gasteiger partial charge in [0.2, 0.25) is 5.91 Å². The number of aryl methyl sites for hydroxylation is 1. The minimum atomic E-state index is -1.19. The van der Waals surface area contributed by atoms with Gasteiger partial charge in [-0.2, -0.15) is 0 Å². The van der Waals surface area contributed by atoms with Gasteiger partial charge in [-0.05, 0) is 85.7 Å².